The number of amides is 2. The molecule has 3 rings (SSSR count). The summed E-state index contributed by atoms with van der Waals surface area (Å²) in [6.45, 7) is 10.3. The first-order valence-electron chi connectivity index (χ1n) is 9.35. The van der Waals surface area contributed by atoms with E-state index in [1.807, 2.05) is 36.9 Å². The fourth-order valence-corrected chi connectivity index (χ4v) is 3.21. The number of likely N-dealkylation sites (N-methyl/N-ethyl adjacent to an activating group) is 1. The summed E-state index contributed by atoms with van der Waals surface area (Å²) in [5.74, 6) is -0.358. The highest BCUT2D eigenvalue weighted by Gasteiger charge is 2.22. The molecule has 6 heteroatoms. The molecule has 0 bridgehead atoms. The first-order valence-corrected chi connectivity index (χ1v) is 9.35. The molecule has 142 valence electrons. The maximum atomic E-state index is 12.8. The number of hydrogen-bond acceptors (Lipinski definition) is 4. The summed E-state index contributed by atoms with van der Waals surface area (Å²) >= 11 is 0. The summed E-state index contributed by atoms with van der Waals surface area (Å²) in [6.07, 6.45) is 1.52. The quantitative estimate of drug-likeness (QED) is 0.904. The molecule has 2 aromatic rings. The van der Waals surface area contributed by atoms with E-state index in [0.717, 1.165) is 36.4 Å². The van der Waals surface area contributed by atoms with Crippen molar-refractivity contribution >= 4 is 17.5 Å². The second kappa shape index (κ2) is 8.31. The van der Waals surface area contributed by atoms with Gasteiger partial charge in [0.1, 0.15) is 5.69 Å². The Labute approximate surface area is 160 Å². The van der Waals surface area contributed by atoms with Crippen LogP contribution in [0.2, 0.25) is 0 Å². The van der Waals surface area contributed by atoms with Crippen LogP contribution in [0.15, 0.2) is 36.5 Å². The molecule has 0 aliphatic carbocycles. The number of anilines is 1. The largest absolute Gasteiger partial charge is 0.336 e. The van der Waals surface area contributed by atoms with E-state index >= 15 is 0 Å². The first-order chi connectivity index (χ1) is 13.0. The molecule has 1 aliphatic rings. The average Bonchev–Trinajstić information content (AvgIpc) is 2.71. The fraction of sp³-hybridized carbons (Fsp3) is 0.381. The van der Waals surface area contributed by atoms with E-state index in [-0.39, 0.29) is 17.5 Å². The van der Waals surface area contributed by atoms with Crippen LogP contribution in [0.1, 0.15) is 38.9 Å². The summed E-state index contributed by atoms with van der Waals surface area (Å²) in [5.41, 5.74) is 3.63. The van der Waals surface area contributed by atoms with E-state index in [4.69, 9.17) is 0 Å². The number of hydrogen-bond donors (Lipinski definition) is 1. The third-order valence-corrected chi connectivity index (χ3v) is 5.20. The van der Waals surface area contributed by atoms with Gasteiger partial charge < -0.3 is 15.1 Å². The number of pyridine rings is 1. The summed E-state index contributed by atoms with van der Waals surface area (Å²) in [5, 5.41) is 2.89. The molecule has 2 amide bonds. The van der Waals surface area contributed by atoms with Crippen molar-refractivity contribution in [1.82, 2.24) is 14.8 Å². The number of carbonyl (C=O) groups is 2. The van der Waals surface area contributed by atoms with Crippen LogP contribution in [0.4, 0.5) is 5.69 Å². The second-order valence-corrected chi connectivity index (χ2v) is 6.86. The van der Waals surface area contributed by atoms with E-state index in [0.29, 0.717) is 18.7 Å². The van der Waals surface area contributed by atoms with Crippen LogP contribution in [-0.2, 0) is 0 Å². The molecule has 6 nitrogen and oxygen atoms in total. The molecular formula is C21H26N4O2. The topological polar surface area (TPSA) is 65.5 Å². The predicted molar refractivity (Wildman–Crippen MR) is 106 cm³/mol. The normalized spacial score (nSPS) is 14.9. The van der Waals surface area contributed by atoms with E-state index in [9.17, 15) is 9.59 Å². The number of aromatic nitrogens is 1. The molecule has 1 aromatic heterocycles. The molecule has 1 aliphatic heterocycles. The highest BCUT2D eigenvalue weighted by molar-refractivity contribution is 6.05. The van der Waals surface area contributed by atoms with Crippen LogP contribution in [0.5, 0.6) is 0 Å². The molecule has 2 heterocycles. The maximum Gasteiger partial charge on any atom is 0.274 e. The molecule has 1 N–H and O–H groups in total. The Morgan fingerprint density at radius 1 is 1.11 bits per heavy atom. The Morgan fingerprint density at radius 3 is 2.56 bits per heavy atom. The number of carbonyl (C=O) groups excluding carboxylic acids is 2. The Bertz CT molecular complexity index is 842. The van der Waals surface area contributed by atoms with Crippen LogP contribution < -0.4 is 5.32 Å². The minimum atomic E-state index is -0.311. The number of nitrogens with zero attached hydrogens (tertiary/aromatic N) is 3. The molecule has 1 saturated heterocycles. The monoisotopic (exact) mass is 366 g/mol. The van der Waals surface area contributed by atoms with Crippen LogP contribution in [0.25, 0.3) is 0 Å². The number of benzene rings is 1. The number of nitrogens with one attached hydrogen (secondary N) is 1. The Kier molecular flexibility index (Phi) is 5.86. The average molecular weight is 366 g/mol. The van der Waals surface area contributed by atoms with Crippen molar-refractivity contribution in [2.75, 3.05) is 38.0 Å². The van der Waals surface area contributed by atoms with Gasteiger partial charge in [-0.05, 0) is 49.7 Å². The summed E-state index contributed by atoms with van der Waals surface area (Å²) in [7, 11) is 0. The highest BCUT2D eigenvalue weighted by atomic mass is 16.2. The van der Waals surface area contributed by atoms with Gasteiger partial charge >= 0.3 is 0 Å². The van der Waals surface area contributed by atoms with E-state index in [2.05, 4.69) is 22.1 Å². The lowest BCUT2D eigenvalue weighted by molar-refractivity contribution is 0.0643. The summed E-state index contributed by atoms with van der Waals surface area (Å²) < 4.78 is 0. The van der Waals surface area contributed by atoms with E-state index < -0.39 is 0 Å². The first kappa shape index (κ1) is 19.0. The Morgan fingerprint density at radius 2 is 1.85 bits per heavy atom. The lowest BCUT2D eigenvalue weighted by Gasteiger charge is -2.34. The Hall–Kier alpha value is -2.73. The smallest absolute Gasteiger partial charge is 0.274 e. The summed E-state index contributed by atoms with van der Waals surface area (Å²) in [6, 6.07) is 9.02. The van der Waals surface area contributed by atoms with Gasteiger partial charge in [0.25, 0.3) is 11.8 Å². The van der Waals surface area contributed by atoms with Crippen molar-refractivity contribution in [2.24, 2.45) is 0 Å². The molecular weight excluding hydrogens is 340 g/mol. The zero-order chi connectivity index (χ0) is 19.4. The van der Waals surface area contributed by atoms with Gasteiger partial charge in [0.15, 0.2) is 0 Å². The molecule has 0 atom stereocenters. The standard InChI is InChI=1S/C21H26N4O2/c1-4-24-10-12-25(13-11-24)21(27)17-8-9-22-19(14-17)20(26)23-18-7-5-6-15(2)16(18)3/h5-9,14H,4,10-13H2,1-3H3,(H,23,26). The van der Waals surface area contributed by atoms with Crippen molar-refractivity contribution in [3.8, 4) is 0 Å². The molecule has 0 radical (unpaired) electrons. The van der Waals surface area contributed by atoms with Gasteiger partial charge in [0.2, 0.25) is 0 Å². The SMILES string of the molecule is CCN1CCN(C(=O)c2ccnc(C(=O)Nc3cccc(C)c3C)c2)CC1. The van der Waals surface area contributed by atoms with E-state index in [1.165, 1.54) is 6.20 Å². The molecule has 1 fully saturated rings. The molecule has 0 saturated carbocycles. The van der Waals surface area contributed by atoms with Crippen LogP contribution in [0.3, 0.4) is 0 Å². The van der Waals surface area contributed by atoms with Crippen molar-refractivity contribution in [3.05, 3.63) is 58.9 Å². The van der Waals surface area contributed by atoms with Gasteiger partial charge in [-0.2, -0.15) is 0 Å². The second-order valence-electron chi connectivity index (χ2n) is 6.86. The van der Waals surface area contributed by atoms with Gasteiger partial charge in [-0.25, -0.2) is 0 Å². The van der Waals surface area contributed by atoms with E-state index in [1.54, 1.807) is 12.1 Å². The van der Waals surface area contributed by atoms with Gasteiger partial charge in [-0.3, -0.25) is 14.6 Å². The predicted octanol–water partition coefficient (Wildman–Crippen LogP) is 2.73. The number of rotatable bonds is 4. The molecule has 27 heavy (non-hydrogen) atoms. The molecule has 0 spiro atoms. The van der Waals surface area contributed by atoms with Crippen LogP contribution >= 0.6 is 0 Å². The van der Waals surface area contributed by atoms with Gasteiger partial charge in [0, 0.05) is 43.6 Å². The lowest BCUT2D eigenvalue weighted by Crippen LogP contribution is -2.48. The van der Waals surface area contributed by atoms with Gasteiger partial charge in [0.05, 0.1) is 0 Å². The third kappa shape index (κ3) is 4.34. The zero-order valence-corrected chi connectivity index (χ0v) is 16.2. The van der Waals surface area contributed by atoms with Crippen molar-refractivity contribution in [3.63, 3.8) is 0 Å². The lowest BCUT2D eigenvalue weighted by atomic mass is 10.1. The van der Waals surface area contributed by atoms with Crippen LogP contribution in [-0.4, -0.2) is 59.3 Å². The van der Waals surface area contributed by atoms with Crippen molar-refractivity contribution < 1.29 is 9.59 Å². The Balaban J connectivity index is 1.72. The van der Waals surface area contributed by atoms with Gasteiger partial charge in [-0.15, -0.1) is 0 Å². The molecule has 1 aromatic carbocycles. The minimum absolute atomic E-state index is 0.0473. The fourth-order valence-electron chi connectivity index (χ4n) is 3.21. The van der Waals surface area contributed by atoms with Crippen molar-refractivity contribution in [2.45, 2.75) is 20.8 Å². The zero-order valence-electron chi connectivity index (χ0n) is 16.2. The summed E-state index contributed by atoms with van der Waals surface area (Å²) in [4.78, 5) is 33.7. The number of aryl methyl sites for hydroxylation is 1. The van der Waals surface area contributed by atoms with Crippen LogP contribution in [0, 0.1) is 13.8 Å². The highest BCUT2D eigenvalue weighted by Crippen LogP contribution is 2.19. The number of piperazine rings is 1. The maximum absolute atomic E-state index is 12.8. The van der Waals surface area contributed by atoms with Gasteiger partial charge in [-0.1, -0.05) is 19.1 Å². The van der Waals surface area contributed by atoms with Crippen molar-refractivity contribution in [1.29, 1.82) is 0 Å². The third-order valence-electron chi connectivity index (χ3n) is 5.20. The molecule has 0 unspecified atom stereocenters. The minimum Gasteiger partial charge on any atom is -0.336 e.